The van der Waals surface area contributed by atoms with Crippen molar-refractivity contribution in [1.29, 1.82) is 0 Å². The van der Waals surface area contributed by atoms with Crippen LogP contribution in [0.1, 0.15) is 26.7 Å². The van der Waals surface area contributed by atoms with E-state index in [4.69, 9.17) is 5.73 Å². The smallest absolute Gasteiger partial charge is 0.127 e. The average molecular weight is 236 g/mol. The van der Waals surface area contributed by atoms with E-state index in [1.165, 1.54) is 18.9 Å². The minimum Gasteiger partial charge on any atom is -0.399 e. The summed E-state index contributed by atoms with van der Waals surface area (Å²) in [5.41, 5.74) is 7.10. The number of nitrogen functional groups attached to an aromatic ring is 1. The van der Waals surface area contributed by atoms with E-state index < -0.39 is 0 Å². The normalized spacial score (nSPS) is 17.8. The van der Waals surface area contributed by atoms with Gasteiger partial charge < -0.3 is 10.6 Å². The van der Waals surface area contributed by atoms with E-state index in [9.17, 15) is 4.39 Å². The van der Waals surface area contributed by atoms with Crippen LogP contribution in [-0.2, 0) is 0 Å². The minimum absolute atomic E-state index is 0.244. The molecule has 2 nitrogen and oxygen atoms in total. The van der Waals surface area contributed by atoms with Crippen molar-refractivity contribution in [3.63, 3.8) is 0 Å². The number of anilines is 2. The van der Waals surface area contributed by atoms with Crippen molar-refractivity contribution in [2.45, 2.75) is 26.7 Å². The SMILES string of the molecule is CC(C)C1CCN(c2cc(N)cc(F)c2)CC1. The van der Waals surface area contributed by atoms with Crippen LogP contribution in [0.3, 0.4) is 0 Å². The highest BCUT2D eigenvalue weighted by atomic mass is 19.1. The first-order valence-electron chi connectivity index (χ1n) is 6.37. The van der Waals surface area contributed by atoms with Crippen LogP contribution >= 0.6 is 0 Å². The summed E-state index contributed by atoms with van der Waals surface area (Å²) in [7, 11) is 0. The molecular weight excluding hydrogens is 215 g/mol. The molecule has 1 aromatic rings. The van der Waals surface area contributed by atoms with Crippen molar-refractivity contribution in [3.05, 3.63) is 24.0 Å². The van der Waals surface area contributed by atoms with Gasteiger partial charge >= 0.3 is 0 Å². The molecule has 1 aliphatic heterocycles. The summed E-state index contributed by atoms with van der Waals surface area (Å²) >= 11 is 0. The first kappa shape index (κ1) is 12.2. The molecule has 94 valence electrons. The summed E-state index contributed by atoms with van der Waals surface area (Å²) in [6, 6.07) is 4.80. The van der Waals surface area contributed by atoms with Gasteiger partial charge in [-0.25, -0.2) is 4.39 Å². The van der Waals surface area contributed by atoms with E-state index >= 15 is 0 Å². The van der Waals surface area contributed by atoms with Crippen molar-refractivity contribution in [3.8, 4) is 0 Å². The lowest BCUT2D eigenvalue weighted by atomic mass is 9.86. The maximum Gasteiger partial charge on any atom is 0.127 e. The highest BCUT2D eigenvalue weighted by molar-refractivity contribution is 5.56. The van der Waals surface area contributed by atoms with Gasteiger partial charge in [0.05, 0.1) is 0 Å². The molecule has 0 aromatic heterocycles. The van der Waals surface area contributed by atoms with Gasteiger partial charge in [0, 0.05) is 24.5 Å². The average Bonchev–Trinajstić information content (AvgIpc) is 2.28. The zero-order chi connectivity index (χ0) is 12.4. The van der Waals surface area contributed by atoms with E-state index in [0.29, 0.717) is 5.69 Å². The van der Waals surface area contributed by atoms with Gasteiger partial charge in [0.15, 0.2) is 0 Å². The van der Waals surface area contributed by atoms with Crippen LogP contribution in [0.5, 0.6) is 0 Å². The monoisotopic (exact) mass is 236 g/mol. The third-order valence-corrected chi connectivity index (χ3v) is 3.75. The molecule has 0 saturated carbocycles. The summed E-state index contributed by atoms with van der Waals surface area (Å²) in [6.07, 6.45) is 2.38. The molecule has 0 atom stereocenters. The molecule has 1 saturated heterocycles. The van der Waals surface area contributed by atoms with Crippen LogP contribution in [0.15, 0.2) is 18.2 Å². The second kappa shape index (κ2) is 4.94. The molecule has 1 aromatic carbocycles. The van der Waals surface area contributed by atoms with Crippen molar-refractivity contribution < 1.29 is 4.39 Å². The Bertz CT molecular complexity index is 362. The minimum atomic E-state index is -0.244. The summed E-state index contributed by atoms with van der Waals surface area (Å²) in [4.78, 5) is 2.23. The third-order valence-electron chi connectivity index (χ3n) is 3.75. The molecule has 3 heteroatoms. The fraction of sp³-hybridized carbons (Fsp3) is 0.571. The van der Waals surface area contributed by atoms with Crippen LogP contribution in [0, 0.1) is 17.7 Å². The number of piperidine rings is 1. The van der Waals surface area contributed by atoms with Crippen LogP contribution in [-0.4, -0.2) is 13.1 Å². The number of nitrogens with two attached hydrogens (primary N) is 1. The summed E-state index contributed by atoms with van der Waals surface area (Å²) < 4.78 is 13.3. The van der Waals surface area contributed by atoms with E-state index in [-0.39, 0.29) is 5.82 Å². The molecule has 1 aliphatic rings. The molecule has 17 heavy (non-hydrogen) atoms. The van der Waals surface area contributed by atoms with Gasteiger partial charge in [-0.05, 0) is 42.9 Å². The lowest BCUT2D eigenvalue weighted by molar-refractivity contribution is 0.311. The first-order valence-corrected chi connectivity index (χ1v) is 6.37. The van der Waals surface area contributed by atoms with Crippen LogP contribution in [0.2, 0.25) is 0 Å². The molecule has 2 rings (SSSR count). The van der Waals surface area contributed by atoms with Gasteiger partial charge in [-0.3, -0.25) is 0 Å². The van der Waals surface area contributed by atoms with Gasteiger partial charge in [0.25, 0.3) is 0 Å². The van der Waals surface area contributed by atoms with Crippen molar-refractivity contribution in [2.75, 3.05) is 23.7 Å². The largest absolute Gasteiger partial charge is 0.399 e. The summed E-state index contributed by atoms with van der Waals surface area (Å²) in [5.74, 6) is 1.30. The third kappa shape index (κ3) is 2.90. The fourth-order valence-corrected chi connectivity index (χ4v) is 2.60. The molecule has 1 heterocycles. The summed E-state index contributed by atoms with van der Waals surface area (Å²) in [6.45, 7) is 6.57. The lowest BCUT2D eigenvalue weighted by Gasteiger charge is -2.35. The van der Waals surface area contributed by atoms with Crippen LogP contribution in [0.25, 0.3) is 0 Å². The Balaban J connectivity index is 2.05. The van der Waals surface area contributed by atoms with Gasteiger partial charge in [0.1, 0.15) is 5.82 Å². The molecule has 1 fully saturated rings. The van der Waals surface area contributed by atoms with Gasteiger partial charge in [0.2, 0.25) is 0 Å². The Morgan fingerprint density at radius 1 is 1.24 bits per heavy atom. The van der Waals surface area contributed by atoms with Crippen LogP contribution < -0.4 is 10.6 Å². The second-order valence-corrected chi connectivity index (χ2v) is 5.31. The Labute approximate surface area is 103 Å². The van der Waals surface area contributed by atoms with Crippen molar-refractivity contribution >= 4 is 11.4 Å². The molecule has 0 unspecified atom stereocenters. The predicted octanol–water partition coefficient (Wildman–Crippen LogP) is 3.28. The molecule has 2 N–H and O–H groups in total. The van der Waals surface area contributed by atoms with E-state index in [2.05, 4.69) is 18.7 Å². The Morgan fingerprint density at radius 3 is 2.41 bits per heavy atom. The molecule has 0 amide bonds. The quantitative estimate of drug-likeness (QED) is 0.798. The van der Waals surface area contributed by atoms with Gasteiger partial charge in [-0.15, -0.1) is 0 Å². The number of hydrogen-bond acceptors (Lipinski definition) is 2. The van der Waals surface area contributed by atoms with Crippen molar-refractivity contribution in [1.82, 2.24) is 0 Å². The Hall–Kier alpha value is -1.25. The van der Waals surface area contributed by atoms with Gasteiger partial charge in [-0.1, -0.05) is 13.8 Å². The number of hydrogen-bond donors (Lipinski definition) is 1. The highest BCUT2D eigenvalue weighted by Gasteiger charge is 2.21. The Kier molecular flexibility index (Phi) is 3.55. The predicted molar refractivity (Wildman–Crippen MR) is 70.6 cm³/mol. The molecule has 0 bridgehead atoms. The highest BCUT2D eigenvalue weighted by Crippen LogP contribution is 2.29. The fourth-order valence-electron chi connectivity index (χ4n) is 2.60. The second-order valence-electron chi connectivity index (χ2n) is 5.31. The zero-order valence-electron chi connectivity index (χ0n) is 10.6. The number of rotatable bonds is 2. The van der Waals surface area contributed by atoms with E-state index in [0.717, 1.165) is 30.6 Å². The summed E-state index contributed by atoms with van der Waals surface area (Å²) in [5, 5.41) is 0. The van der Waals surface area contributed by atoms with E-state index in [1.54, 1.807) is 6.07 Å². The maximum absolute atomic E-state index is 13.3. The topological polar surface area (TPSA) is 29.3 Å². The van der Waals surface area contributed by atoms with E-state index in [1.807, 2.05) is 6.07 Å². The van der Waals surface area contributed by atoms with Gasteiger partial charge in [-0.2, -0.15) is 0 Å². The molecular formula is C14H21FN2. The number of nitrogens with zero attached hydrogens (tertiary/aromatic N) is 1. The zero-order valence-corrected chi connectivity index (χ0v) is 10.6. The lowest BCUT2D eigenvalue weighted by Crippen LogP contribution is -2.35. The first-order chi connectivity index (χ1) is 8.06. The van der Waals surface area contributed by atoms with Crippen molar-refractivity contribution in [2.24, 2.45) is 11.8 Å². The standard InChI is InChI=1S/C14H21FN2/c1-10(2)11-3-5-17(6-4-11)14-8-12(15)7-13(16)9-14/h7-11H,3-6,16H2,1-2H3. The molecule has 0 spiro atoms. The Morgan fingerprint density at radius 2 is 1.88 bits per heavy atom. The number of benzene rings is 1. The molecule has 0 radical (unpaired) electrons. The number of halogens is 1. The maximum atomic E-state index is 13.3. The molecule has 0 aliphatic carbocycles. The van der Waals surface area contributed by atoms with Crippen LogP contribution in [0.4, 0.5) is 15.8 Å².